The summed E-state index contributed by atoms with van der Waals surface area (Å²) in [5, 5.41) is 7.64. The second-order valence-electron chi connectivity index (χ2n) is 6.36. The summed E-state index contributed by atoms with van der Waals surface area (Å²) < 4.78 is 6.55. The van der Waals surface area contributed by atoms with E-state index in [1.165, 1.54) is 43.4 Å². The summed E-state index contributed by atoms with van der Waals surface area (Å²) in [6.07, 6.45) is 7.62. The van der Waals surface area contributed by atoms with Gasteiger partial charge in [0.15, 0.2) is 0 Å². The van der Waals surface area contributed by atoms with Crippen molar-refractivity contribution in [1.82, 2.24) is 10.6 Å². The molecule has 1 aliphatic rings. The maximum atomic E-state index is 12.5. The number of thiophene rings is 1. The topological polar surface area (TPSA) is 50.4 Å². The van der Waals surface area contributed by atoms with Gasteiger partial charge in [-0.25, -0.2) is 0 Å². The predicted octanol–water partition coefficient (Wildman–Crippen LogP) is 4.37. The molecule has 1 saturated carbocycles. The van der Waals surface area contributed by atoms with Crippen molar-refractivity contribution in [3.63, 3.8) is 0 Å². The molecule has 2 aromatic rings. The molecule has 1 heterocycles. The molecule has 2 N–H and O–H groups in total. The smallest absolute Gasteiger partial charge is 0.265 e. The van der Waals surface area contributed by atoms with Crippen molar-refractivity contribution in [1.29, 1.82) is 0 Å². The van der Waals surface area contributed by atoms with Gasteiger partial charge in [0.1, 0.15) is 10.6 Å². The third-order valence-corrected chi connectivity index (χ3v) is 5.79. The molecular weight excluding hydrogens is 356 g/mol. The zero-order valence-electron chi connectivity index (χ0n) is 14.7. The lowest BCUT2D eigenvalue weighted by Crippen LogP contribution is -2.33. The molecule has 1 fully saturated rings. The number of benzene rings is 1. The van der Waals surface area contributed by atoms with Crippen molar-refractivity contribution < 1.29 is 9.53 Å². The summed E-state index contributed by atoms with van der Waals surface area (Å²) in [4.78, 5) is 13.1. The molecule has 138 valence electrons. The Morgan fingerprint density at radius 1 is 1.20 bits per heavy atom. The Morgan fingerprint density at radius 2 is 1.96 bits per heavy atom. The van der Waals surface area contributed by atoms with Gasteiger partial charge in [-0.1, -0.05) is 31.4 Å². The molecule has 0 atom stereocenters. The summed E-state index contributed by atoms with van der Waals surface area (Å²) >= 11 is 1.49. The van der Waals surface area contributed by atoms with Crippen molar-refractivity contribution in [3.8, 4) is 5.75 Å². The number of ether oxygens (including phenoxy) is 1. The minimum absolute atomic E-state index is 0. The highest BCUT2D eigenvalue weighted by atomic mass is 35.5. The lowest BCUT2D eigenvalue weighted by atomic mass is 9.95. The quantitative estimate of drug-likeness (QED) is 0.699. The number of methoxy groups -OCH3 is 1. The fourth-order valence-electron chi connectivity index (χ4n) is 3.36. The van der Waals surface area contributed by atoms with Crippen LogP contribution in [0.5, 0.6) is 5.75 Å². The van der Waals surface area contributed by atoms with Gasteiger partial charge in [-0.3, -0.25) is 4.79 Å². The summed E-state index contributed by atoms with van der Waals surface area (Å²) in [7, 11) is 1.62. The van der Waals surface area contributed by atoms with Gasteiger partial charge in [0.2, 0.25) is 0 Å². The number of carbonyl (C=O) groups is 1. The summed E-state index contributed by atoms with van der Waals surface area (Å²) in [6, 6.07) is 8.65. The molecule has 0 aliphatic heterocycles. The van der Waals surface area contributed by atoms with Crippen LogP contribution in [0.3, 0.4) is 0 Å². The zero-order chi connectivity index (χ0) is 16.8. The maximum Gasteiger partial charge on any atom is 0.265 e. The van der Waals surface area contributed by atoms with Crippen LogP contribution < -0.4 is 15.4 Å². The summed E-state index contributed by atoms with van der Waals surface area (Å²) in [5.74, 6) is 0.652. The molecule has 4 nitrogen and oxygen atoms in total. The minimum atomic E-state index is -0.0364. The number of nitrogens with one attached hydrogen (secondary N) is 2. The van der Waals surface area contributed by atoms with Crippen molar-refractivity contribution >= 4 is 39.7 Å². The highest BCUT2D eigenvalue weighted by molar-refractivity contribution is 7.21. The maximum absolute atomic E-state index is 12.5. The van der Waals surface area contributed by atoms with E-state index in [0.29, 0.717) is 23.2 Å². The Morgan fingerprint density at radius 3 is 2.72 bits per heavy atom. The molecule has 0 bridgehead atoms. The molecule has 0 spiro atoms. The molecule has 6 heteroatoms. The molecule has 0 unspecified atom stereocenters. The number of amides is 1. The van der Waals surface area contributed by atoms with Gasteiger partial charge in [-0.2, -0.15) is 0 Å². The lowest BCUT2D eigenvalue weighted by Gasteiger charge is -2.22. The summed E-state index contributed by atoms with van der Waals surface area (Å²) in [6.45, 7) is 1.66. The van der Waals surface area contributed by atoms with Crippen molar-refractivity contribution in [2.45, 2.75) is 44.6 Å². The van der Waals surface area contributed by atoms with Crippen LogP contribution in [-0.4, -0.2) is 32.1 Å². The van der Waals surface area contributed by atoms with E-state index in [-0.39, 0.29) is 18.3 Å². The Labute approximate surface area is 159 Å². The van der Waals surface area contributed by atoms with Gasteiger partial charge in [-0.15, -0.1) is 23.7 Å². The van der Waals surface area contributed by atoms with Crippen molar-refractivity contribution in [2.24, 2.45) is 0 Å². The fraction of sp³-hybridized carbons (Fsp3) is 0.526. The van der Waals surface area contributed by atoms with Crippen LogP contribution in [0.15, 0.2) is 24.3 Å². The monoisotopic (exact) mass is 382 g/mol. The lowest BCUT2D eigenvalue weighted by molar-refractivity contribution is 0.0954. The molecule has 1 amide bonds. The molecule has 0 radical (unpaired) electrons. The van der Waals surface area contributed by atoms with Crippen LogP contribution in [0.2, 0.25) is 0 Å². The first kappa shape index (κ1) is 20.0. The van der Waals surface area contributed by atoms with E-state index >= 15 is 0 Å². The number of carbonyl (C=O) groups excluding carboxylic acids is 1. The van der Waals surface area contributed by atoms with Gasteiger partial charge in [0, 0.05) is 22.7 Å². The van der Waals surface area contributed by atoms with Crippen molar-refractivity contribution in [3.05, 3.63) is 29.1 Å². The Hall–Kier alpha value is -1.30. The van der Waals surface area contributed by atoms with Gasteiger partial charge >= 0.3 is 0 Å². The van der Waals surface area contributed by atoms with E-state index in [1.807, 2.05) is 24.3 Å². The van der Waals surface area contributed by atoms with Crippen LogP contribution in [0.25, 0.3) is 10.1 Å². The number of fused-ring (bicyclic) bond motifs is 1. The normalized spacial score (nSPS) is 14.9. The summed E-state index contributed by atoms with van der Waals surface area (Å²) in [5.41, 5.74) is 0. The largest absolute Gasteiger partial charge is 0.494 e. The molecule has 0 saturated heterocycles. The van der Waals surface area contributed by atoms with Gasteiger partial charge in [-0.05, 0) is 37.9 Å². The predicted molar refractivity (Wildman–Crippen MR) is 107 cm³/mol. The molecule has 3 rings (SSSR count). The van der Waals surface area contributed by atoms with Gasteiger partial charge < -0.3 is 15.4 Å². The first-order valence-electron chi connectivity index (χ1n) is 8.86. The number of hydrogen-bond donors (Lipinski definition) is 2. The molecule has 1 aromatic carbocycles. The SMILES string of the molecule is COc1c(C(=O)NCCCNC2CCCCC2)sc2ccccc12.Cl. The van der Waals surface area contributed by atoms with E-state index in [0.717, 1.165) is 23.1 Å². The van der Waals surface area contributed by atoms with Crippen LogP contribution in [0.4, 0.5) is 0 Å². The van der Waals surface area contributed by atoms with E-state index in [9.17, 15) is 4.79 Å². The fourth-order valence-corrected chi connectivity index (χ4v) is 4.45. The number of rotatable bonds is 7. The first-order chi connectivity index (χ1) is 11.8. The van der Waals surface area contributed by atoms with Crippen LogP contribution in [0.1, 0.15) is 48.2 Å². The van der Waals surface area contributed by atoms with E-state index < -0.39 is 0 Å². The molecule has 1 aromatic heterocycles. The third-order valence-electron chi connectivity index (χ3n) is 4.64. The Balaban J connectivity index is 0.00000225. The van der Waals surface area contributed by atoms with Crippen LogP contribution in [-0.2, 0) is 0 Å². The molecule has 25 heavy (non-hydrogen) atoms. The van der Waals surface area contributed by atoms with Crippen molar-refractivity contribution in [2.75, 3.05) is 20.2 Å². The van der Waals surface area contributed by atoms with Gasteiger partial charge in [0.25, 0.3) is 5.91 Å². The third kappa shape index (κ3) is 5.09. The second-order valence-corrected chi connectivity index (χ2v) is 7.41. The van der Waals surface area contributed by atoms with Crippen LogP contribution in [0, 0.1) is 0 Å². The number of halogens is 1. The highest BCUT2D eigenvalue weighted by Crippen LogP contribution is 2.37. The Bertz CT molecular complexity index is 683. The zero-order valence-corrected chi connectivity index (χ0v) is 16.3. The van der Waals surface area contributed by atoms with Gasteiger partial charge in [0.05, 0.1) is 7.11 Å². The van der Waals surface area contributed by atoms with Crippen LogP contribution >= 0.6 is 23.7 Å². The van der Waals surface area contributed by atoms with E-state index in [4.69, 9.17) is 4.74 Å². The number of hydrogen-bond acceptors (Lipinski definition) is 4. The van der Waals surface area contributed by atoms with E-state index in [1.54, 1.807) is 7.11 Å². The minimum Gasteiger partial charge on any atom is -0.494 e. The standard InChI is InChI=1S/C19H26N2O2S.ClH/c1-23-17-15-10-5-6-11-16(15)24-18(17)19(22)21-13-7-12-20-14-8-3-2-4-9-14;/h5-6,10-11,14,20H,2-4,7-9,12-13H2,1H3,(H,21,22);1H. The van der Waals surface area contributed by atoms with E-state index in [2.05, 4.69) is 10.6 Å². The second kappa shape index (κ2) is 10.00. The average Bonchev–Trinajstić information content (AvgIpc) is 3.01. The first-order valence-corrected chi connectivity index (χ1v) is 9.68. The molecule has 1 aliphatic carbocycles. The highest BCUT2D eigenvalue weighted by Gasteiger charge is 2.18. The Kier molecular flexibility index (Phi) is 8.00. The average molecular weight is 383 g/mol. The molecular formula is C19H27ClN2O2S.